The fourth-order valence-electron chi connectivity index (χ4n) is 7.34. The Bertz CT molecular complexity index is 1650. The molecule has 1 amide bonds. The molecule has 3 aliphatic rings. The van der Waals surface area contributed by atoms with Crippen LogP contribution in [0.1, 0.15) is 40.7 Å². The number of nitrogens with zero attached hydrogens (tertiary/aromatic N) is 1. The van der Waals surface area contributed by atoms with Gasteiger partial charge in [-0.25, -0.2) is 0 Å². The van der Waals surface area contributed by atoms with Crippen LogP contribution in [0.2, 0.25) is 0 Å². The first-order valence-electron chi connectivity index (χ1n) is 14.6. The summed E-state index contributed by atoms with van der Waals surface area (Å²) in [6.45, 7) is 0. The molecule has 4 N–H and O–H groups in total. The van der Waals surface area contributed by atoms with E-state index in [4.69, 9.17) is 5.73 Å². The molecule has 12 heteroatoms. The Hall–Kier alpha value is -4.55. The number of hydrogen-bond donors (Lipinski definition) is 3. The molecule has 2 unspecified atom stereocenters. The Balaban J connectivity index is 1.49. The van der Waals surface area contributed by atoms with Gasteiger partial charge in [-0.3, -0.25) is 38.5 Å². The van der Waals surface area contributed by atoms with Crippen LogP contribution in [0.5, 0.6) is 5.75 Å². The normalized spacial score (nSPS) is 27.4. The Morgan fingerprint density at radius 1 is 1.00 bits per heavy atom. The number of hydrogen-bond acceptors (Lipinski definition) is 11. The fraction of sp³-hybridized carbons (Fsp3) is 0.424. The molecule has 0 bridgehead atoms. The number of rotatable bonds is 8. The minimum atomic E-state index is -2.78. The Morgan fingerprint density at radius 2 is 1.67 bits per heavy atom. The lowest BCUT2D eigenvalue weighted by Crippen LogP contribution is -2.74. The number of benzene rings is 2. The van der Waals surface area contributed by atoms with Crippen molar-refractivity contribution in [2.45, 2.75) is 43.7 Å². The summed E-state index contributed by atoms with van der Waals surface area (Å²) in [5.41, 5.74) is 4.96. The largest absolute Gasteiger partial charge is 0.507 e. The second kappa shape index (κ2) is 11.8. The summed E-state index contributed by atoms with van der Waals surface area (Å²) in [5.74, 6) is -11.6. The second-order valence-corrected chi connectivity index (χ2v) is 12.3. The molecule has 0 aromatic heterocycles. The number of carbonyl (C=O) groups is 7. The quantitative estimate of drug-likeness (QED) is 0.277. The number of fused-ring (bicyclic) bond motifs is 3. The lowest BCUT2D eigenvalue weighted by Gasteiger charge is -2.52. The minimum absolute atomic E-state index is 0.00660. The van der Waals surface area contributed by atoms with Crippen LogP contribution in [0.4, 0.5) is 0 Å². The van der Waals surface area contributed by atoms with E-state index in [1.165, 1.54) is 32.2 Å². The standard InChI is InChI=1S/C33H34N2O10/c1-35(2)27-21-14-17-13-20-19(16-6-4-15(5-7-16)12-18(36)8-11-23(38)45-3)9-10-22(37)25(20)28(39)24(17)30(41)33(21,44)31(42)26(29(27)40)32(34)43/h4-7,9-10,17,21,24,26-27,37,44H,8,11-14H2,1-3H3,(H2,34,43)/t17-,21-,24?,26?,27-,33-/m1/s1. The van der Waals surface area contributed by atoms with Gasteiger partial charge >= 0.3 is 5.97 Å². The van der Waals surface area contributed by atoms with Crippen molar-refractivity contribution in [1.29, 1.82) is 0 Å². The van der Waals surface area contributed by atoms with Gasteiger partial charge in [0, 0.05) is 18.8 Å². The number of amides is 1. The third-order valence-electron chi connectivity index (χ3n) is 9.45. The number of Topliss-reactive ketones (excluding diaryl/α,β-unsaturated/α-hetero) is 5. The maximum absolute atomic E-state index is 14.0. The molecule has 0 aliphatic heterocycles. The third-order valence-corrected chi connectivity index (χ3v) is 9.45. The van der Waals surface area contributed by atoms with Crippen LogP contribution < -0.4 is 5.73 Å². The highest BCUT2D eigenvalue weighted by Gasteiger charge is 2.69. The Labute approximate surface area is 258 Å². The smallest absolute Gasteiger partial charge is 0.305 e. The molecule has 0 saturated heterocycles. The molecule has 2 aromatic rings. The molecule has 2 fully saturated rings. The number of methoxy groups -OCH3 is 1. The van der Waals surface area contributed by atoms with Gasteiger partial charge in [0.25, 0.3) is 0 Å². The van der Waals surface area contributed by atoms with Gasteiger partial charge in [-0.15, -0.1) is 0 Å². The van der Waals surface area contributed by atoms with Gasteiger partial charge in [0.1, 0.15) is 11.5 Å². The number of aliphatic hydroxyl groups is 1. The first kappa shape index (κ1) is 31.9. The zero-order valence-electron chi connectivity index (χ0n) is 25.1. The van der Waals surface area contributed by atoms with Gasteiger partial charge in [-0.2, -0.15) is 0 Å². The second-order valence-electron chi connectivity index (χ2n) is 12.3. The van der Waals surface area contributed by atoms with E-state index in [9.17, 15) is 43.8 Å². The number of nitrogens with two attached hydrogens (primary N) is 1. The maximum Gasteiger partial charge on any atom is 0.305 e. The van der Waals surface area contributed by atoms with E-state index in [0.29, 0.717) is 22.3 Å². The molecule has 236 valence electrons. The summed E-state index contributed by atoms with van der Waals surface area (Å²) in [7, 11) is 4.31. The predicted molar refractivity (Wildman–Crippen MR) is 157 cm³/mol. The number of esters is 1. The van der Waals surface area contributed by atoms with Crippen molar-refractivity contribution >= 4 is 40.8 Å². The number of phenolic OH excluding ortho intramolecular Hbond substituents is 1. The zero-order valence-corrected chi connectivity index (χ0v) is 25.1. The molecule has 0 heterocycles. The van der Waals surface area contributed by atoms with Crippen LogP contribution in [0.15, 0.2) is 36.4 Å². The summed E-state index contributed by atoms with van der Waals surface area (Å²) < 4.78 is 4.57. The van der Waals surface area contributed by atoms with E-state index in [0.717, 1.165) is 0 Å². The van der Waals surface area contributed by atoms with Crippen LogP contribution in [0.25, 0.3) is 11.1 Å². The first-order valence-corrected chi connectivity index (χ1v) is 14.6. The molecule has 45 heavy (non-hydrogen) atoms. The van der Waals surface area contributed by atoms with Crippen LogP contribution in [-0.2, 0) is 46.3 Å². The number of phenols is 1. The highest BCUT2D eigenvalue weighted by Crippen LogP contribution is 2.51. The van der Waals surface area contributed by atoms with Crippen molar-refractivity contribution in [3.63, 3.8) is 0 Å². The van der Waals surface area contributed by atoms with E-state index in [-0.39, 0.29) is 49.2 Å². The van der Waals surface area contributed by atoms with Crippen LogP contribution >= 0.6 is 0 Å². The topological polar surface area (TPSA) is 198 Å². The minimum Gasteiger partial charge on any atom is -0.507 e. The number of likely N-dealkylation sites (N-methyl/N-ethyl adjacent to an activating group) is 1. The molecule has 5 rings (SSSR count). The first-order chi connectivity index (χ1) is 21.2. The highest BCUT2D eigenvalue weighted by molar-refractivity contribution is 6.32. The van der Waals surface area contributed by atoms with Gasteiger partial charge in [0.15, 0.2) is 34.7 Å². The van der Waals surface area contributed by atoms with Gasteiger partial charge in [0.2, 0.25) is 5.91 Å². The van der Waals surface area contributed by atoms with Crippen molar-refractivity contribution in [3.8, 4) is 16.9 Å². The average Bonchev–Trinajstić information content (AvgIpc) is 2.98. The van der Waals surface area contributed by atoms with Crippen molar-refractivity contribution in [1.82, 2.24) is 4.90 Å². The Kier molecular flexibility index (Phi) is 8.32. The molecule has 12 nitrogen and oxygen atoms in total. The van der Waals surface area contributed by atoms with E-state index in [2.05, 4.69) is 4.74 Å². The number of ketones is 5. The van der Waals surface area contributed by atoms with Crippen LogP contribution in [0.3, 0.4) is 0 Å². The lowest BCUT2D eigenvalue weighted by molar-refractivity contribution is -0.181. The monoisotopic (exact) mass is 618 g/mol. The third kappa shape index (κ3) is 5.17. The molecule has 0 radical (unpaired) electrons. The molecular formula is C33H34N2O10. The van der Waals surface area contributed by atoms with Crippen LogP contribution in [-0.4, -0.2) is 88.8 Å². The molecule has 3 aliphatic carbocycles. The number of ether oxygens (including phenoxy) is 1. The van der Waals surface area contributed by atoms with Crippen molar-refractivity contribution in [3.05, 3.63) is 53.1 Å². The Morgan fingerprint density at radius 3 is 2.27 bits per heavy atom. The summed E-state index contributed by atoms with van der Waals surface area (Å²) in [4.78, 5) is 91.8. The average molecular weight is 619 g/mol. The molecule has 0 spiro atoms. The summed E-state index contributed by atoms with van der Waals surface area (Å²) >= 11 is 0. The van der Waals surface area contributed by atoms with E-state index in [1.807, 2.05) is 0 Å². The highest BCUT2D eigenvalue weighted by atomic mass is 16.5. The fourth-order valence-corrected chi connectivity index (χ4v) is 7.34. The van der Waals surface area contributed by atoms with E-state index >= 15 is 0 Å². The molecular weight excluding hydrogens is 584 g/mol. The van der Waals surface area contributed by atoms with Crippen LogP contribution in [0, 0.1) is 23.7 Å². The zero-order chi connectivity index (χ0) is 33.0. The lowest BCUT2D eigenvalue weighted by atomic mass is 9.52. The summed E-state index contributed by atoms with van der Waals surface area (Å²) in [6.07, 6.45) is 0.234. The van der Waals surface area contributed by atoms with Gasteiger partial charge in [-0.1, -0.05) is 30.3 Å². The van der Waals surface area contributed by atoms with Gasteiger partial charge < -0.3 is 20.7 Å². The van der Waals surface area contributed by atoms with Gasteiger partial charge in [0.05, 0.1) is 31.1 Å². The van der Waals surface area contributed by atoms with Crippen molar-refractivity contribution in [2.24, 2.45) is 29.4 Å². The van der Waals surface area contributed by atoms with E-state index < -0.39 is 70.3 Å². The molecule has 2 saturated carbocycles. The van der Waals surface area contributed by atoms with E-state index in [1.54, 1.807) is 30.3 Å². The van der Waals surface area contributed by atoms with Gasteiger partial charge in [-0.05, 0) is 61.2 Å². The number of primary amides is 1. The van der Waals surface area contributed by atoms with Crippen molar-refractivity contribution < 1.29 is 48.5 Å². The van der Waals surface area contributed by atoms with Crippen molar-refractivity contribution in [2.75, 3.05) is 21.2 Å². The summed E-state index contributed by atoms with van der Waals surface area (Å²) in [6, 6.07) is 8.82. The predicted octanol–water partition coefficient (Wildman–Crippen LogP) is 0.599. The molecule has 2 aromatic carbocycles. The SMILES string of the molecule is COC(=O)CCC(=O)Cc1ccc(-c2ccc(O)c3c2C[C@@H]2C[C@@H]4[C@@H](N(C)C)C(=O)C(C(N)=O)C(=O)[C@]4(O)C(=O)C2C3=O)cc1. The number of carbonyl (C=O) groups excluding carboxylic acids is 7. The molecule has 6 atom stereocenters. The number of aromatic hydroxyl groups is 1. The maximum atomic E-state index is 14.0. The summed E-state index contributed by atoms with van der Waals surface area (Å²) in [5, 5.41) is 22.5.